The average Bonchev–Trinajstić information content (AvgIpc) is 2.96. The highest BCUT2D eigenvalue weighted by molar-refractivity contribution is 6.01. The molecule has 0 bridgehead atoms. The number of carbonyl (C=O) groups is 3. The monoisotopic (exact) mass is 403 g/mol. The molecule has 0 saturated carbocycles. The molecular formula is C19H21N3O7. The fraction of sp³-hybridized carbons (Fsp3) is 0.316. The van der Waals surface area contributed by atoms with Crippen molar-refractivity contribution in [2.24, 2.45) is 0 Å². The van der Waals surface area contributed by atoms with Crippen molar-refractivity contribution >= 4 is 29.2 Å². The number of amides is 1. The normalized spacial score (nSPS) is 11.4. The van der Waals surface area contributed by atoms with Crippen LogP contribution in [0.3, 0.4) is 0 Å². The number of nitrogens with one attached hydrogen (secondary N) is 2. The summed E-state index contributed by atoms with van der Waals surface area (Å²) in [6, 6.07) is 5.61. The van der Waals surface area contributed by atoms with Crippen molar-refractivity contribution in [2.75, 3.05) is 11.9 Å². The van der Waals surface area contributed by atoms with Gasteiger partial charge < -0.3 is 19.8 Å². The zero-order valence-electron chi connectivity index (χ0n) is 16.4. The van der Waals surface area contributed by atoms with E-state index in [-0.39, 0.29) is 29.2 Å². The topological polar surface area (TPSA) is 141 Å². The van der Waals surface area contributed by atoms with E-state index in [0.717, 1.165) is 0 Å². The molecule has 1 amide bonds. The van der Waals surface area contributed by atoms with E-state index in [1.165, 1.54) is 31.2 Å². The molecule has 0 aliphatic heterocycles. The lowest BCUT2D eigenvalue weighted by Gasteiger charge is -2.13. The molecule has 2 rings (SSSR count). The summed E-state index contributed by atoms with van der Waals surface area (Å²) in [7, 11) is 0. The van der Waals surface area contributed by atoms with Crippen LogP contribution < -0.4 is 5.32 Å². The second kappa shape index (κ2) is 9.00. The van der Waals surface area contributed by atoms with Crippen LogP contribution in [0.25, 0.3) is 0 Å². The first-order chi connectivity index (χ1) is 13.7. The van der Waals surface area contributed by atoms with Crippen LogP contribution in [0.5, 0.6) is 0 Å². The minimum Gasteiger partial charge on any atom is -0.462 e. The molecule has 0 unspecified atom stereocenters. The fourth-order valence-electron chi connectivity index (χ4n) is 2.71. The van der Waals surface area contributed by atoms with E-state index in [2.05, 4.69) is 10.3 Å². The highest BCUT2D eigenvalue weighted by Crippen LogP contribution is 2.24. The van der Waals surface area contributed by atoms with Gasteiger partial charge >= 0.3 is 11.9 Å². The maximum atomic E-state index is 12.5. The highest BCUT2D eigenvalue weighted by atomic mass is 16.6. The first-order valence-corrected chi connectivity index (χ1v) is 8.78. The summed E-state index contributed by atoms with van der Waals surface area (Å²) >= 11 is 0. The molecule has 2 aromatic rings. The first kappa shape index (κ1) is 21.6. The summed E-state index contributed by atoms with van der Waals surface area (Å²) in [5.41, 5.74) is 0.741. The van der Waals surface area contributed by atoms with Gasteiger partial charge in [-0.15, -0.1) is 0 Å². The van der Waals surface area contributed by atoms with Crippen LogP contribution in [-0.4, -0.2) is 40.5 Å². The molecule has 0 fully saturated rings. The van der Waals surface area contributed by atoms with E-state index in [9.17, 15) is 24.5 Å². The van der Waals surface area contributed by atoms with Gasteiger partial charge in [0.15, 0.2) is 6.10 Å². The minimum absolute atomic E-state index is 0.0121. The van der Waals surface area contributed by atoms with Gasteiger partial charge in [0, 0.05) is 11.8 Å². The van der Waals surface area contributed by atoms with E-state index < -0.39 is 28.9 Å². The van der Waals surface area contributed by atoms with Crippen LogP contribution >= 0.6 is 0 Å². The molecule has 1 aromatic carbocycles. The molecule has 1 atom stereocenters. The van der Waals surface area contributed by atoms with Crippen LogP contribution in [0.2, 0.25) is 0 Å². The number of hydrogen-bond acceptors (Lipinski definition) is 7. The number of benzene rings is 1. The molecule has 10 nitrogen and oxygen atoms in total. The summed E-state index contributed by atoms with van der Waals surface area (Å²) in [5.74, 6) is -2.15. The summed E-state index contributed by atoms with van der Waals surface area (Å²) in [6.45, 7) is 6.36. The van der Waals surface area contributed by atoms with Gasteiger partial charge in [0.25, 0.3) is 11.6 Å². The second-order valence-electron chi connectivity index (χ2n) is 6.16. The number of esters is 2. The Morgan fingerprint density at radius 3 is 2.48 bits per heavy atom. The molecule has 0 spiro atoms. The molecule has 0 radical (unpaired) electrons. The predicted molar refractivity (Wildman–Crippen MR) is 103 cm³/mol. The summed E-state index contributed by atoms with van der Waals surface area (Å²) in [4.78, 5) is 50.0. The highest BCUT2D eigenvalue weighted by Gasteiger charge is 2.27. The number of aromatic nitrogens is 1. The van der Waals surface area contributed by atoms with Crippen molar-refractivity contribution in [3.63, 3.8) is 0 Å². The van der Waals surface area contributed by atoms with Crippen molar-refractivity contribution < 1.29 is 28.8 Å². The van der Waals surface area contributed by atoms with Gasteiger partial charge in [-0.25, -0.2) is 9.59 Å². The third-order valence-electron chi connectivity index (χ3n) is 4.13. The SMILES string of the molecule is CCOC(=O)c1c(C)[nH]c(C(=O)O[C@H](C)C(=O)Nc2ccccc2[N+](=O)[O-])c1C. The molecule has 1 aromatic heterocycles. The van der Waals surface area contributed by atoms with Gasteiger partial charge in [-0.3, -0.25) is 14.9 Å². The fourth-order valence-corrected chi connectivity index (χ4v) is 2.71. The van der Waals surface area contributed by atoms with Crippen molar-refractivity contribution in [3.05, 3.63) is 56.9 Å². The van der Waals surface area contributed by atoms with Gasteiger partial charge in [0.2, 0.25) is 0 Å². The molecule has 1 heterocycles. The van der Waals surface area contributed by atoms with Crippen LogP contribution in [0.4, 0.5) is 11.4 Å². The Bertz CT molecular complexity index is 965. The number of nitro groups is 1. The first-order valence-electron chi connectivity index (χ1n) is 8.78. The number of hydrogen-bond donors (Lipinski definition) is 2. The molecular weight excluding hydrogens is 382 g/mol. The number of anilines is 1. The predicted octanol–water partition coefficient (Wildman–Crippen LogP) is 2.90. The van der Waals surface area contributed by atoms with Crippen LogP contribution in [0.1, 0.15) is 46.0 Å². The van der Waals surface area contributed by atoms with E-state index in [1.807, 2.05) is 0 Å². The van der Waals surface area contributed by atoms with Gasteiger partial charge in [0.05, 0.1) is 17.1 Å². The van der Waals surface area contributed by atoms with Crippen LogP contribution in [0.15, 0.2) is 24.3 Å². The minimum atomic E-state index is -1.24. The molecule has 0 aliphatic rings. The number of para-hydroxylation sites is 2. The zero-order chi connectivity index (χ0) is 21.7. The molecule has 29 heavy (non-hydrogen) atoms. The third-order valence-corrected chi connectivity index (χ3v) is 4.13. The van der Waals surface area contributed by atoms with E-state index in [1.54, 1.807) is 20.8 Å². The van der Waals surface area contributed by atoms with Crippen molar-refractivity contribution in [3.8, 4) is 0 Å². The third kappa shape index (κ3) is 4.78. The smallest absolute Gasteiger partial charge is 0.355 e. The number of carbonyl (C=O) groups excluding carboxylic acids is 3. The molecule has 154 valence electrons. The molecule has 10 heteroatoms. The van der Waals surface area contributed by atoms with Crippen molar-refractivity contribution in [2.45, 2.75) is 33.8 Å². The summed E-state index contributed by atoms with van der Waals surface area (Å²) in [6.07, 6.45) is -1.24. The number of ether oxygens (including phenoxy) is 2. The quantitative estimate of drug-likeness (QED) is 0.411. The summed E-state index contributed by atoms with van der Waals surface area (Å²) in [5, 5.41) is 13.4. The van der Waals surface area contributed by atoms with E-state index in [0.29, 0.717) is 11.3 Å². The van der Waals surface area contributed by atoms with Gasteiger partial charge in [-0.05, 0) is 39.3 Å². The molecule has 0 saturated heterocycles. The van der Waals surface area contributed by atoms with Crippen molar-refractivity contribution in [1.29, 1.82) is 0 Å². The summed E-state index contributed by atoms with van der Waals surface area (Å²) < 4.78 is 10.1. The number of aromatic amines is 1. The Labute approximate surface area is 166 Å². The number of rotatable bonds is 7. The van der Waals surface area contributed by atoms with Gasteiger partial charge in [-0.2, -0.15) is 0 Å². The second-order valence-corrected chi connectivity index (χ2v) is 6.16. The van der Waals surface area contributed by atoms with Crippen molar-refractivity contribution in [1.82, 2.24) is 4.98 Å². The number of nitrogens with zero attached hydrogens (tertiary/aromatic N) is 1. The zero-order valence-corrected chi connectivity index (χ0v) is 16.4. The van der Waals surface area contributed by atoms with E-state index >= 15 is 0 Å². The lowest BCUT2D eigenvalue weighted by atomic mass is 10.1. The lowest BCUT2D eigenvalue weighted by Crippen LogP contribution is -2.30. The van der Waals surface area contributed by atoms with Crippen LogP contribution in [-0.2, 0) is 14.3 Å². The van der Waals surface area contributed by atoms with Crippen LogP contribution in [0, 0.1) is 24.0 Å². The lowest BCUT2D eigenvalue weighted by molar-refractivity contribution is -0.383. The Hall–Kier alpha value is -3.69. The molecule has 0 aliphatic carbocycles. The Morgan fingerprint density at radius 2 is 1.86 bits per heavy atom. The Balaban J connectivity index is 2.13. The number of H-pyrrole nitrogens is 1. The van der Waals surface area contributed by atoms with E-state index in [4.69, 9.17) is 9.47 Å². The Kier molecular flexibility index (Phi) is 6.71. The number of aryl methyl sites for hydroxylation is 1. The average molecular weight is 403 g/mol. The molecule has 2 N–H and O–H groups in total. The maximum absolute atomic E-state index is 12.5. The maximum Gasteiger partial charge on any atom is 0.355 e. The van der Waals surface area contributed by atoms with Gasteiger partial charge in [0.1, 0.15) is 11.4 Å². The van der Waals surface area contributed by atoms with Gasteiger partial charge in [-0.1, -0.05) is 12.1 Å². The number of nitro benzene ring substituents is 1. The standard InChI is InChI=1S/C19H21N3O7/c1-5-28-18(24)15-10(2)16(20-11(15)3)19(25)29-12(4)17(23)21-13-8-6-7-9-14(13)22(26)27/h6-9,12,20H,5H2,1-4H3,(H,21,23)/t12-/m1/s1. The largest absolute Gasteiger partial charge is 0.462 e. The Morgan fingerprint density at radius 1 is 1.21 bits per heavy atom.